The van der Waals surface area contributed by atoms with E-state index in [2.05, 4.69) is 72.7 Å². The van der Waals surface area contributed by atoms with Gasteiger partial charge in [0, 0.05) is 25.3 Å². The highest BCUT2D eigenvalue weighted by Crippen LogP contribution is 2.27. The lowest BCUT2D eigenvalue weighted by Crippen LogP contribution is -2.37. The highest BCUT2D eigenvalue weighted by molar-refractivity contribution is 5.93. The summed E-state index contributed by atoms with van der Waals surface area (Å²) in [7, 11) is 0. The molecule has 1 saturated heterocycles. The number of carbonyl (C=O) groups is 2. The molecule has 2 heterocycles. The second-order valence-electron chi connectivity index (χ2n) is 8.83. The van der Waals surface area contributed by atoms with Crippen molar-refractivity contribution in [1.29, 1.82) is 0 Å². The van der Waals surface area contributed by atoms with Crippen molar-refractivity contribution in [2.24, 2.45) is 5.92 Å². The van der Waals surface area contributed by atoms with Gasteiger partial charge in [-0.05, 0) is 42.0 Å². The average Bonchev–Trinajstić information content (AvgIpc) is 3.22. The van der Waals surface area contributed by atoms with Gasteiger partial charge in [-0.2, -0.15) is 5.10 Å². The van der Waals surface area contributed by atoms with Crippen molar-refractivity contribution >= 4 is 11.8 Å². The highest BCUT2D eigenvalue weighted by Gasteiger charge is 2.30. The zero-order chi connectivity index (χ0) is 22.7. The smallest absolute Gasteiger partial charge is 0.274 e. The molecule has 6 heteroatoms. The number of nitrogens with zero attached hydrogens (tertiary/aromatic N) is 2. The van der Waals surface area contributed by atoms with Crippen molar-refractivity contribution in [1.82, 2.24) is 20.4 Å². The predicted octanol–water partition coefficient (Wildman–Crippen LogP) is 3.94. The fourth-order valence-electron chi connectivity index (χ4n) is 4.12. The maximum atomic E-state index is 13.1. The molecule has 2 N–H and O–H groups in total. The fourth-order valence-corrected chi connectivity index (χ4v) is 4.12. The Bertz CT molecular complexity index is 1100. The van der Waals surface area contributed by atoms with E-state index in [1.807, 2.05) is 18.2 Å². The van der Waals surface area contributed by atoms with Gasteiger partial charge in [0.25, 0.3) is 5.91 Å². The number of H-pyrrole nitrogens is 1. The van der Waals surface area contributed by atoms with Gasteiger partial charge in [0.1, 0.15) is 5.69 Å². The molecule has 0 radical (unpaired) electrons. The minimum absolute atomic E-state index is 0.0103. The van der Waals surface area contributed by atoms with E-state index in [4.69, 9.17) is 0 Å². The molecule has 6 nitrogen and oxygen atoms in total. The van der Waals surface area contributed by atoms with Crippen LogP contribution in [0.1, 0.15) is 47.1 Å². The van der Waals surface area contributed by atoms with E-state index in [1.165, 1.54) is 5.56 Å². The molecular formula is C26H30N4O2. The second-order valence-corrected chi connectivity index (χ2v) is 8.83. The van der Waals surface area contributed by atoms with Crippen LogP contribution < -0.4 is 5.32 Å². The number of aromatic nitrogens is 2. The zero-order valence-corrected chi connectivity index (χ0v) is 18.9. The van der Waals surface area contributed by atoms with Crippen molar-refractivity contribution in [3.8, 4) is 11.1 Å². The van der Waals surface area contributed by atoms with Gasteiger partial charge in [-0.25, -0.2) is 0 Å². The van der Waals surface area contributed by atoms with Crippen LogP contribution in [0.4, 0.5) is 0 Å². The van der Waals surface area contributed by atoms with E-state index in [0.29, 0.717) is 31.7 Å². The van der Waals surface area contributed by atoms with Crippen LogP contribution in [-0.4, -0.2) is 46.5 Å². The van der Waals surface area contributed by atoms with Crippen LogP contribution in [0.3, 0.4) is 0 Å². The molecule has 0 bridgehead atoms. The Balaban J connectivity index is 1.56. The second kappa shape index (κ2) is 9.39. The van der Waals surface area contributed by atoms with Crippen LogP contribution in [0.2, 0.25) is 0 Å². The molecule has 1 fully saturated rings. The Morgan fingerprint density at radius 3 is 2.62 bits per heavy atom. The third-order valence-corrected chi connectivity index (χ3v) is 6.06. The number of nitrogens with one attached hydrogen (secondary N) is 2. The molecule has 2 amide bonds. The molecule has 1 aliphatic heterocycles. The van der Waals surface area contributed by atoms with Gasteiger partial charge in [0.2, 0.25) is 5.91 Å². The molecule has 32 heavy (non-hydrogen) atoms. The number of benzene rings is 2. The van der Waals surface area contributed by atoms with Gasteiger partial charge in [-0.3, -0.25) is 14.7 Å². The summed E-state index contributed by atoms with van der Waals surface area (Å²) in [6.07, 6.45) is 0.567. The molecule has 1 atom stereocenters. The molecule has 4 rings (SSSR count). The quantitative estimate of drug-likeness (QED) is 0.644. The van der Waals surface area contributed by atoms with Crippen molar-refractivity contribution in [3.63, 3.8) is 0 Å². The number of aromatic amines is 1. The Hall–Kier alpha value is -3.41. The Kier molecular flexibility index (Phi) is 6.40. The SMILES string of the molecule is Cc1ccc(-c2ccccc2C[C@@H]2CN(C(=O)c3cc(C(C)C)[nH]n3)CCNC2=O)cc1. The summed E-state index contributed by atoms with van der Waals surface area (Å²) in [5, 5.41) is 10.1. The lowest BCUT2D eigenvalue weighted by molar-refractivity contribution is -0.124. The number of aryl methyl sites for hydroxylation is 1. The third kappa shape index (κ3) is 4.74. The van der Waals surface area contributed by atoms with Crippen LogP contribution in [0, 0.1) is 12.8 Å². The van der Waals surface area contributed by atoms with E-state index < -0.39 is 0 Å². The number of amides is 2. The lowest BCUT2D eigenvalue weighted by Gasteiger charge is -2.23. The molecule has 166 valence electrons. The summed E-state index contributed by atoms with van der Waals surface area (Å²) in [5.41, 5.74) is 5.90. The van der Waals surface area contributed by atoms with E-state index in [1.54, 1.807) is 4.90 Å². The Labute approximate surface area is 189 Å². The normalized spacial score (nSPS) is 16.7. The summed E-state index contributed by atoms with van der Waals surface area (Å²) in [6.45, 7) is 7.47. The number of rotatable bonds is 5. The lowest BCUT2D eigenvalue weighted by atomic mass is 9.91. The van der Waals surface area contributed by atoms with Crippen molar-refractivity contribution in [2.75, 3.05) is 19.6 Å². The maximum absolute atomic E-state index is 13.1. The molecule has 0 unspecified atom stereocenters. The van der Waals surface area contributed by atoms with Gasteiger partial charge in [0.15, 0.2) is 0 Å². The highest BCUT2D eigenvalue weighted by atomic mass is 16.2. The summed E-state index contributed by atoms with van der Waals surface area (Å²) in [5.74, 6) is -0.204. The minimum atomic E-state index is -0.323. The monoisotopic (exact) mass is 430 g/mol. The first kappa shape index (κ1) is 21.8. The van der Waals surface area contributed by atoms with Gasteiger partial charge >= 0.3 is 0 Å². The Morgan fingerprint density at radius 2 is 1.91 bits per heavy atom. The van der Waals surface area contributed by atoms with Gasteiger partial charge < -0.3 is 10.2 Å². The first-order valence-corrected chi connectivity index (χ1v) is 11.2. The van der Waals surface area contributed by atoms with Gasteiger partial charge in [0.05, 0.1) is 5.92 Å². The van der Waals surface area contributed by atoms with Crippen LogP contribution in [0.25, 0.3) is 11.1 Å². The van der Waals surface area contributed by atoms with E-state index in [-0.39, 0.29) is 23.7 Å². The van der Waals surface area contributed by atoms with Crippen LogP contribution in [0.15, 0.2) is 54.6 Å². The zero-order valence-electron chi connectivity index (χ0n) is 18.9. The predicted molar refractivity (Wildman–Crippen MR) is 125 cm³/mol. The van der Waals surface area contributed by atoms with Crippen LogP contribution in [0.5, 0.6) is 0 Å². The largest absolute Gasteiger partial charge is 0.354 e. The van der Waals surface area contributed by atoms with Crippen molar-refractivity contribution in [2.45, 2.75) is 33.1 Å². The molecule has 0 aliphatic carbocycles. The summed E-state index contributed by atoms with van der Waals surface area (Å²) in [6, 6.07) is 18.4. The first-order valence-electron chi connectivity index (χ1n) is 11.2. The van der Waals surface area contributed by atoms with Gasteiger partial charge in [-0.15, -0.1) is 0 Å². The van der Waals surface area contributed by atoms with Crippen molar-refractivity contribution in [3.05, 3.63) is 77.1 Å². The fraction of sp³-hybridized carbons (Fsp3) is 0.346. The van der Waals surface area contributed by atoms with Crippen LogP contribution >= 0.6 is 0 Å². The molecule has 0 saturated carbocycles. The minimum Gasteiger partial charge on any atom is -0.354 e. The number of carbonyl (C=O) groups excluding carboxylic acids is 2. The van der Waals surface area contributed by atoms with E-state index in [0.717, 1.165) is 22.4 Å². The molecule has 1 aromatic heterocycles. The molecule has 0 spiro atoms. The topological polar surface area (TPSA) is 78.1 Å². The molecule has 3 aromatic rings. The number of hydrogen-bond acceptors (Lipinski definition) is 3. The van der Waals surface area contributed by atoms with Crippen LogP contribution in [-0.2, 0) is 11.2 Å². The van der Waals surface area contributed by atoms with Crippen molar-refractivity contribution < 1.29 is 9.59 Å². The molecule has 1 aliphatic rings. The molecule has 2 aromatic carbocycles. The van der Waals surface area contributed by atoms with E-state index >= 15 is 0 Å². The maximum Gasteiger partial charge on any atom is 0.274 e. The number of hydrogen-bond donors (Lipinski definition) is 2. The van der Waals surface area contributed by atoms with Gasteiger partial charge in [-0.1, -0.05) is 67.9 Å². The summed E-state index contributed by atoms with van der Waals surface area (Å²) < 4.78 is 0. The third-order valence-electron chi connectivity index (χ3n) is 6.06. The summed E-state index contributed by atoms with van der Waals surface area (Å²) >= 11 is 0. The first-order chi connectivity index (χ1) is 15.4. The Morgan fingerprint density at radius 1 is 1.16 bits per heavy atom. The van der Waals surface area contributed by atoms with E-state index in [9.17, 15) is 9.59 Å². The molecular weight excluding hydrogens is 400 g/mol. The summed E-state index contributed by atoms with van der Waals surface area (Å²) in [4.78, 5) is 27.7. The standard InChI is InChI=1S/C26H30N4O2/c1-17(2)23-15-24(29-28-23)26(32)30-13-12-27-25(31)21(16-30)14-20-6-4-5-7-22(20)19-10-8-18(3)9-11-19/h4-11,15,17,21H,12-14,16H2,1-3H3,(H,27,31)(H,28,29)/t21-/m1/s1. The average molecular weight is 431 g/mol.